The maximum atomic E-state index is 12.7. The Kier molecular flexibility index (Phi) is 5.09. The lowest BCUT2D eigenvalue weighted by Crippen LogP contribution is -2.51. The first-order chi connectivity index (χ1) is 15.2. The van der Waals surface area contributed by atoms with Crippen molar-refractivity contribution in [3.8, 4) is 0 Å². The van der Waals surface area contributed by atoms with Crippen molar-refractivity contribution in [2.45, 2.75) is 52.5 Å². The van der Waals surface area contributed by atoms with E-state index in [2.05, 4.69) is 16.0 Å². The first kappa shape index (κ1) is 23.2. The summed E-state index contributed by atoms with van der Waals surface area (Å²) in [5, 5.41) is 9.35. The van der Waals surface area contributed by atoms with Gasteiger partial charge in [0.15, 0.2) is 0 Å². The molecule has 0 spiro atoms. The number of rotatable bonds is 5. The van der Waals surface area contributed by atoms with Crippen molar-refractivity contribution >= 4 is 42.4 Å². The number of benzene rings is 1. The average molecular weight is 466 g/mol. The molecule has 0 aliphatic carbocycles. The average Bonchev–Trinajstić information content (AvgIpc) is 3.25. The fraction of sp³-hybridized carbons (Fsp3) is 0.375. The Bertz CT molecular complexity index is 1360. The van der Waals surface area contributed by atoms with Crippen LogP contribution in [0.4, 0.5) is 17.1 Å². The number of furan rings is 1. The van der Waals surface area contributed by atoms with Crippen molar-refractivity contribution in [1.82, 2.24) is 5.32 Å². The van der Waals surface area contributed by atoms with Crippen LogP contribution >= 0.6 is 11.6 Å². The molecule has 0 saturated carbocycles. The molecule has 1 atom stereocenters. The van der Waals surface area contributed by atoms with Gasteiger partial charge in [0.25, 0.3) is 16.8 Å². The highest BCUT2D eigenvalue weighted by Crippen LogP contribution is 2.43. The Morgan fingerprint density at radius 3 is 2.24 bits per heavy atom. The van der Waals surface area contributed by atoms with Crippen LogP contribution in [0.1, 0.15) is 62.1 Å². The Morgan fingerprint density at radius 2 is 1.67 bits per heavy atom. The van der Waals surface area contributed by atoms with Gasteiger partial charge in [-0.1, -0.05) is 32.4 Å². The van der Waals surface area contributed by atoms with Crippen LogP contribution in [-0.4, -0.2) is 13.8 Å². The van der Waals surface area contributed by atoms with Gasteiger partial charge in [-0.3, -0.25) is 14.4 Å². The van der Waals surface area contributed by atoms with Gasteiger partial charge in [0, 0.05) is 10.6 Å². The van der Waals surface area contributed by atoms with Crippen LogP contribution < -0.4 is 26.8 Å². The third-order valence-electron chi connectivity index (χ3n) is 6.24. The second-order valence-electron chi connectivity index (χ2n) is 10.1. The summed E-state index contributed by atoms with van der Waals surface area (Å²) < 4.78 is 5.78. The molecule has 170 valence electrons. The maximum absolute atomic E-state index is 12.7. The lowest BCUT2D eigenvalue weighted by molar-refractivity contribution is 0.0941. The van der Waals surface area contributed by atoms with Crippen molar-refractivity contribution in [3.05, 3.63) is 72.4 Å². The molecule has 2 heterocycles. The van der Waals surface area contributed by atoms with Crippen molar-refractivity contribution in [2.75, 3.05) is 10.6 Å². The van der Waals surface area contributed by atoms with Gasteiger partial charge in [0.1, 0.15) is 30.7 Å². The molecule has 2 radical (unpaired) electrons. The van der Waals surface area contributed by atoms with Crippen molar-refractivity contribution in [1.29, 1.82) is 0 Å². The third kappa shape index (κ3) is 3.48. The van der Waals surface area contributed by atoms with Crippen LogP contribution in [0.5, 0.6) is 0 Å². The van der Waals surface area contributed by atoms with Gasteiger partial charge in [-0.2, -0.15) is 0 Å². The highest BCUT2D eigenvalue weighted by molar-refractivity contribution is 6.32. The van der Waals surface area contributed by atoms with Crippen molar-refractivity contribution in [3.63, 3.8) is 0 Å². The molecule has 7 nitrogen and oxygen atoms in total. The smallest absolute Gasteiger partial charge is 0.254 e. The molecule has 2 aromatic carbocycles. The summed E-state index contributed by atoms with van der Waals surface area (Å²) in [4.78, 5) is 37.8. The zero-order valence-corrected chi connectivity index (χ0v) is 20.2. The predicted octanol–water partition coefficient (Wildman–Crippen LogP) is 4.04. The summed E-state index contributed by atoms with van der Waals surface area (Å²) in [6, 6.07) is 6.78. The number of hydrogen-bond acceptors (Lipinski definition) is 6. The lowest BCUT2D eigenvalue weighted by Gasteiger charge is -2.43. The Morgan fingerprint density at radius 1 is 1.03 bits per heavy atom. The first-order valence-corrected chi connectivity index (χ1v) is 10.9. The molecule has 1 aliphatic rings. The monoisotopic (exact) mass is 465 g/mol. The summed E-state index contributed by atoms with van der Waals surface area (Å²) in [6.07, 6.45) is 0. The SMILES string of the molecule is [B]C(Nc1c(Nc2ccc(Cl)c3c2C(=O)NC3(C)C)c(=O)c1=O)(c1ccc(C)o1)C(C)(C)C. The topological polar surface area (TPSA) is 100 Å². The van der Waals surface area contributed by atoms with Crippen LogP contribution in [-0.2, 0) is 11.0 Å². The van der Waals surface area contributed by atoms with Gasteiger partial charge in [0.2, 0.25) is 0 Å². The Hall–Kier alpha value is -3.00. The highest BCUT2D eigenvalue weighted by Gasteiger charge is 2.44. The van der Waals surface area contributed by atoms with Gasteiger partial charge in [-0.05, 0) is 50.5 Å². The molecule has 0 saturated heterocycles. The number of nitrogens with one attached hydrogen (secondary N) is 3. The highest BCUT2D eigenvalue weighted by atomic mass is 35.5. The van der Waals surface area contributed by atoms with Gasteiger partial charge in [0.05, 0.1) is 22.2 Å². The fourth-order valence-electron chi connectivity index (χ4n) is 4.16. The quantitative estimate of drug-likeness (QED) is 0.388. The van der Waals surface area contributed by atoms with Gasteiger partial charge in [-0.15, -0.1) is 0 Å². The van der Waals surface area contributed by atoms with E-state index in [1.54, 1.807) is 31.2 Å². The molecule has 1 aliphatic heterocycles. The molecular formula is C24H25BClN3O4. The molecular weight excluding hydrogens is 441 g/mol. The Labute approximate surface area is 198 Å². The molecule has 4 rings (SSSR count). The summed E-state index contributed by atoms with van der Waals surface area (Å²) in [6.45, 7) is 11.2. The summed E-state index contributed by atoms with van der Waals surface area (Å²) in [5.74, 6) is 0.779. The minimum absolute atomic E-state index is 0.0318. The third-order valence-corrected chi connectivity index (χ3v) is 6.55. The number of aryl methyl sites for hydroxylation is 1. The molecule has 0 fully saturated rings. The van der Waals surface area contributed by atoms with Crippen LogP contribution in [0.2, 0.25) is 5.02 Å². The van der Waals surface area contributed by atoms with E-state index < -0.39 is 27.2 Å². The maximum Gasteiger partial charge on any atom is 0.254 e. The van der Waals surface area contributed by atoms with E-state index in [4.69, 9.17) is 23.9 Å². The zero-order chi connectivity index (χ0) is 24.5. The van der Waals surface area contributed by atoms with E-state index in [1.165, 1.54) is 0 Å². The fourth-order valence-corrected chi connectivity index (χ4v) is 4.56. The van der Waals surface area contributed by atoms with Crippen molar-refractivity contribution in [2.24, 2.45) is 5.41 Å². The van der Waals surface area contributed by atoms with Gasteiger partial charge in [-0.25, -0.2) is 0 Å². The number of anilines is 3. The summed E-state index contributed by atoms with van der Waals surface area (Å²) in [7, 11) is 6.74. The van der Waals surface area contributed by atoms with E-state index in [0.29, 0.717) is 33.4 Å². The van der Waals surface area contributed by atoms with E-state index in [-0.39, 0.29) is 17.3 Å². The van der Waals surface area contributed by atoms with Crippen molar-refractivity contribution < 1.29 is 9.21 Å². The number of hydrogen-bond donors (Lipinski definition) is 3. The van der Waals surface area contributed by atoms with E-state index in [1.807, 2.05) is 34.6 Å². The molecule has 3 N–H and O–H groups in total. The normalized spacial score (nSPS) is 16.9. The van der Waals surface area contributed by atoms with E-state index in [0.717, 1.165) is 0 Å². The molecule has 0 bridgehead atoms. The van der Waals surface area contributed by atoms with Crippen LogP contribution in [0.25, 0.3) is 0 Å². The second kappa shape index (κ2) is 7.25. The summed E-state index contributed by atoms with van der Waals surface area (Å²) in [5.41, 5.74) is -2.56. The first-order valence-electron chi connectivity index (χ1n) is 10.6. The largest absolute Gasteiger partial charge is 0.465 e. The Balaban J connectivity index is 1.78. The second-order valence-corrected chi connectivity index (χ2v) is 10.5. The standard InChI is InChI=1S/C24H25BClN3O4/c1-11-7-10-14(33-11)24(25,22(2,3)4)28-18-17(19(30)20(18)31)27-13-9-8-12(26)16-15(13)21(32)29-23(16,5)6/h7-10,27-28H,1-6H3,(H,29,32). The van der Waals surface area contributed by atoms with Crippen LogP contribution in [0, 0.1) is 12.3 Å². The lowest BCUT2D eigenvalue weighted by atomic mass is 9.59. The van der Waals surface area contributed by atoms with Crippen LogP contribution in [0.15, 0.2) is 38.3 Å². The number of amides is 1. The minimum Gasteiger partial charge on any atom is -0.465 e. The van der Waals surface area contributed by atoms with Crippen LogP contribution in [0.3, 0.4) is 0 Å². The minimum atomic E-state index is -1.29. The molecule has 1 aromatic heterocycles. The number of fused-ring (bicyclic) bond motifs is 1. The number of halogens is 1. The zero-order valence-electron chi connectivity index (χ0n) is 19.4. The molecule has 3 aromatic rings. The van der Waals surface area contributed by atoms with Gasteiger partial charge >= 0.3 is 0 Å². The van der Waals surface area contributed by atoms with E-state index in [9.17, 15) is 14.4 Å². The molecule has 1 amide bonds. The molecule has 9 heteroatoms. The molecule has 33 heavy (non-hydrogen) atoms. The predicted molar refractivity (Wildman–Crippen MR) is 131 cm³/mol. The van der Waals surface area contributed by atoms with E-state index >= 15 is 0 Å². The van der Waals surface area contributed by atoms with Gasteiger partial charge < -0.3 is 20.4 Å². The number of carbonyl (C=O) groups is 1. The molecule has 1 unspecified atom stereocenters. The summed E-state index contributed by atoms with van der Waals surface area (Å²) >= 11 is 6.37. The number of carbonyl (C=O) groups excluding carboxylic acids is 1.